The van der Waals surface area contributed by atoms with E-state index in [-0.39, 0.29) is 17.5 Å². The van der Waals surface area contributed by atoms with Crippen LogP contribution in [-0.2, 0) is 9.59 Å². The Morgan fingerprint density at radius 2 is 1.60 bits per heavy atom. The highest BCUT2D eigenvalue weighted by Crippen LogP contribution is 2.44. The van der Waals surface area contributed by atoms with Crippen LogP contribution in [0.2, 0.25) is 0 Å². The fourth-order valence-electron chi connectivity index (χ4n) is 4.76. The predicted octanol–water partition coefficient (Wildman–Crippen LogP) is 4.07. The first-order chi connectivity index (χ1) is 14.3. The van der Waals surface area contributed by atoms with Crippen molar-refractivity contribution in [2.75, 3.05) is 38.1 Å². The number of likely N-dealkylation sites (N-methyl/N-ethyl adjacent to an activating group) is 1. The van der Waals surface area contributed by atoms with Crippen molar-refractivity contribution >= 4 is 38.7 Å². The number of nitrogens with one attached hydrogen (secondary N) is 1. The zero-order valence-corrected chi connectivity index (χ0v) is 19.2. The molecule has 0 radical (unpaired) electrons. The Hall–Kier alpha value is -2.44. The van der Waals surface area contributed by atoms with Gasteiger partial charge in [0.25, 0.3) is 0 Å². The zero-order chi connectivity index (χ0) is 21.6. The van der Waals surface area contributed by atoms with E-state index in [4.69, 9.17) is 0 Å². The summed E-state index contributed by atoms with van der Waals surface area (Å²) in [5.41, 5.74) is 5.32. The zero-order valence-electron chi connectivity index (χ0n) is 18.3. The van der Waals surface area contributed by atoms with Crippen LogP contribution >= 0.6 is 11.3 Å². The van der Waals surface area contributed by atoms with E-state index < -0.39 is 0 Å². The van der Waals surface area contributed by atoms with Crippen LogP contribution < -0.4 is 10.2 Å². The number of carbonyl (C=O) groups is 2. The fourth-order valence-corrected chi connectivity index (χ4v) is 5.73. The molecule has 0 unspecified atom stereocenters. The molecule has 2 aliphatic heterocycles. The van der Waals surface area contributed by atoms with Crippen molar-refractivity contribution < 1.29 is 9.59 Å². The number of ketones is 2. The lowest BCUT2D eigenvalue weighted by Gasteiger charge is -2.34. The van der Waals surface area contributed by atoms with E-state index in [9.17, 15) is 9.59 Å². The molecule has 0 atom stereocenters. The summed E-state index contributed by atoms with van der Waals surface area (Å²) in [6, 6.07) is 6.61. The van der Waals surface area contributed by atoms with Gasteiger partial charge in [0.05, 0.1) is 0 Å². The maximum absolute atomic E-state index is 12.6. The van der Waals surface area contributed by atoms with Gasteiger partial charge < -0.3 is 15.1 Å². The van der Waals surface area contributed by atoms with E-state index in [0.717, 1.165) is 48.5 Å². The minimum absolute atomic E-state index is 0.00539. The standard InChI is InChI=1S/C24H29N3O2S/c1-14-22(16(3)28)24(23(17(4)29)15(2)25-14)20-13-30-21-7-6-18(12-19(20)21)27-10-8-26(5)9-11-27/h6-7,12-13,24-25H,8-11H2,1-5H3. The van der Waals surface area contributed by atoms with Crippen molar-refractivity contribution in [1.82, 2.24) is 10.2 Å². The minimum Gasteiger partial charge on any atom is -0.369 e. The molecular weight excluding hydrogens is 394 g/mol. The van der Waals surface area contributed by atoms with E-state index in [2.05, 4.69) is 45.7 Å². The summed E-state index contributed by atoms with van der Waals surface area (Å²) in [6.07, 6.45) is 0. The molecule has 0 spiro atoms. The Kier molecular flexibility index (Phi) is 5.55. The van der Waals surface area contributed by atoms with Gasteiger partial charge >= 0.3 is 0 Å². The number of Topliss-reactive ketones (excluding diaryl/α,β-unsaturated/α-hetero) is 2. The lowest BCUT2D eigenvalue weighted by molar-refractivity contribution is -0.114. The summed E-state index contributed by atoms with van der Waals surface area (Å²) in [5.74, 6) is -0.311. The van der Waals surface area contributed by atoms with Crippen LogP contribution in [0.15, 0.2) is 46.1 Å². The van der Waals surface area contributed by atoms with Crippen LogP contribution in [0.25, 0.3) is 10.1 Å². The molecule has 1 saturated heterocycles. The number of hydrogen-bond donors (Lipinski definition) is 1. The number of nitrogens with zero attached hydrogens (tertiary/aromatic N) is 2. The van der Waals surface area contributed by atoms with E-state index >= 15 is 0 Å². The second-order valence-electron chi connectivity index (χ2n) is 8.41. The number of hydrogen-bond acceptors (Lipinski definition) is 6. The first kappa shape index (κ1) is 20.8. The van der Waals surface area contributed by atoms with E-state index in [1.54, 1.807) is 25.2 Å². The molecule has 4 rings (SSSR count). The molecule has 6 heteroatoms. The topological polar surface area (TPSA) is 52.7 Å². The van der Waals surface area contributed by atoms with Crippen molar-refractivity contribution in [3.8, 4) is 0 Å². The van der Waals surface area contributed by atoms with Crippen molar-refractivity contribution in [2.24, 2.45) is 0 Å². The molecule has 0 aliphatic carbocycles. The number of thiophene rings is 1. The van der Waals surface area contributed by atoms with Crippen molar-refractivity contribution in [2.45, 2.75) is 33.6 Å². The molecule has 2 aromatic rings. The summed E-state index contributed by atoms with van der Waals surface area (Å²) in [6.45, 7) is 11.1. The first-order valence-corrected chi connectivity index (χ1v) is 11.3. The SMILES string of the molecule is CC(=O)C1=C(C)NC(C)=C(C(C)=O)C1c1csc2ccc(N3CCN(C)CC3)cc12. The van der Waals surface area contributed by atoms with Crippen LogP contribution in [0.1, 0.15) is 39.2 Å². The lowest BCUT2D eigenvalue weighted by Crippen LogP contribution is -2.44. The number of allylic oxidation sites excluding steroid dienone is 4. The van der Waals surface area contributed by atoms with Gasteiger partial charge in [-0.05, 0) is 69.3 Å². The third-order valence-corrected chi connectivity index (χ3v) is 7.27. The number of carbonyl (C=O) groups excluding carboxylic acids is 2. The van der Waals surface area contributed by atoms with Crippen molar-refractivity contribution in [3.05, 3.63) is 51.7 Å². The van der Waals surface area contributed by atoms with E-state index in [0.29, 0.717) is 11.1 Å². The van der Waals surface area contributed by atoms with Gasteiger partial charge in [-0.15, -0.1) is 11.3 Å². The van der Waals surface area contributed by atoms with Gasteiger partial charge in [0.2, 0.25) is 0 Å². The number of rotatable bonds is 4. The third kappa shape index (κ3) is 3.59. The summed E-state index contributed by atoms with van der Waals surface area (Å²) < 4.78 is 1.18. The highest BCUT2D eigenvalue weighted by Gasteiger charge is 2.35. The highest BCUT2D eigenvalue weighted by atomic mass is 32.1. The second-order valence-corrected chi connectivity index (χ2v) is 9.32. The van der Waals surface area contributed by atoms with Crippen LogP contribution in [-0.4, -0.2) is 49.7 Å². The second kappa shape index (κ2) is 8.00. The third-order valence-electron chi connectivity index (χ3n) is 6.29. The fraction of sp³-hybridized carbons (Fsp3) is 0.417. The minimum atomic E-state index is -0.322. The molecule has 1 fully saturated rings. The van der Waals surface area contributed by atoms with Crippen LogP contribution in [0.5, 0.6) is 0 Å². The molecule has 1 aromatic heterocycles. The smallest absolute Gasteiger partial charge is 0.158 e. The van der Waals surface area contributed by atoms with E-state index in [1.165, 1.54) is 10.4 Å². The Bertz CT molecular complexity index is 1050. The molecule has 1 aromatic carbocycles. The first-order valence-electron chi connectivity index (χ1n) is 10.4. The van der Waals surface area contributed by atoms with Gasteiger partial charge in [0.15, 0.2) is 11.6 Å². The van der Waals surface area contributed by atoms with Crippen molar-refractivity contribution in [3.63, 3.8) is 0 Å². The quantitative estimate of drug-likeness (QED) is 0.804. The van der Waals surface area contributed by atoms with Crippen molar-refractivity contribution in [1.29, 1.82) is 0 Å². The largest absolute Gasteiger partial charge is 0.369 e. The van der Waals surface area contributed by atoms with Crippen LogP contribution in [0.3, 0.4) is 0 Å². The summed E-state index contributed by atoms with van der Waals surface area (Å²) in [7, 11) is 2.16. The van der Waals surface area contributed by atoms with Gasteiger partial charge in [-0.2, -0.15) is 0 Å². The maximum atomic E-state index is 12.6. The normalized spacial score (nSPS) is 18.9. The summed E-state index contributed by atoms with van der Waals surface area (Å²) in [4.78, 5) is 30.0. The lowest BCUT2D eigenvalue weighted by atomic mass is 9.77. The maximum Gasteiger partial charge on any atom is 0.158 e. The van der Waals surface area contributed by atoms with Crippen LogP contribution in [0, 0.1) is 0 Å². The Morgan fingerprint density at radius 3 is 2.17 bits per heavy atom. The molecule has 3 heterocycles. The highest BCUT2D eigenvalue weighted by molar-refractivity contribution is 7.17. The van der Waals surface area contributed by atoms with Crippen LogP contribution in [0.4, 0.5) is 5.69 Å². The predicted molar refractivity (Wildman–Crippen MR) is 124 cm³/mol. The van der Waals surface area contributed by atoms with E-state index in [1.807, 2.05) is 13.8 Å². The Morgan fingerprint density at radius 1 is 1.00 bits per heavy atom. The monoisotopic (exact) mass is 423 g/mol. The molecule has 5 nitrogen and oxygen atoms in total. The molecule has 30 heavy (non-hydrogen) atoms. The van der Waals surface area contributed by atoms with Gasteiger partial charge in [-0.1, -0.05) is 0 Å². The number of fused-ring (bicyclic) bond motifs is 1. The molecule has 0 bridgehead atoms. The average Bonchev–Trinajstić information content (AvgIpc) is 3.10. The number of piperazine rings is 1. The van der Waals surface area contributed by atoms with Gasteiger partial charge in [-0.25, -0.2) is 0 Å². The summed E-state index contributed by atoms with van der Waals surface area (Å²) >= 11 is 1.68. The van der Waals surface area contributed by atoms with Gasteiger partial charge in [0.1, 0.15) is 0 Å². The molecule has 0 amide bonds. The molecule has 1 N–H and O–H groups in total. The van der Waals surface area contributed by atoms with Gasteiger partial charge in [-0.3, -0.25) is 9.59 Å². The molecule has 2 aliphatic rings. The summed E-state index contributed by atoms with van der Waals surface area (Å²) in [5, 5.41) is 6.52. The molecule has 158 valence electrons. The average molecular weight is 424 g/mol. The number of benzene rings is 1. The Labute approximate surface area is 182 Å². The number of anilines is 1. The number of dihydropyridines is 1. The molecule has 0 saturated carbocycles. The molecular formula is C24H29N3O2S. The Balaban J connectivity index is 1.85. The van der Waals surface area contributed by atoms with Gasteiger partial charge in [0, 0.05) is 65.0 Å².